The van der Waals surface area contributed by atoms with Gasteiger partial charge in [0, 0.05) is 19.3 Å². The highest BCUT2D eigenvalue weighted by atomic mass is 16.5. The van der Waals surface area contributed by atoms with Crippen molar-refractivity contribution < 1.29 is 28.6 Å². The SMILES string of the molecule is CCCCCC/C=C\COC(=O)CCCCCCCC(CCCCCCCC(=O)OC/C=C\CCCCCC)OC(=O)CCCN(C)CC. The number of ether oxygens (including phenoxy) is 3. The molecule has 0 aliphatic carbocycles. The molecule has 7 heteroatoms. The Bertz CT molecular complexity index is 774. The Morgan fingerprint density at radius 2 is 0.939 bits per heavy atom. The molecule has 0 rings (SSSR count). The van der Waals surface area contributed by atoms with Crippen molar-refractivity contribution in [3.05, 3.63) is 24.3 Å². The number of unbranched alkanes of at least 4 members (excludes halogenated alkanes) is 16. The van der Waals surface area contributed by atoms with Gasteiger partial charge in [0.05, 0.1) is 0 Å². The molecule has 0 N–H and O–H groups in total. The third-order valence-electron chi connectivity index (χ3n) is 9.04. The summed E-state index contributed by atoms with van der Waals surface area (Å²) in [4.78, 5) is 38.8. The van der Waals surface area contributed by atoms with Crippen molar-refractivity contribution >= 4 is 17.9 Å². The summed E-state index contributed by atoms with van der Waals surface area (Å²) < 4.78 is 16.6. The lowest BCUT2D eigenvalue weighted by Crippen LogP contribution is -2.22. The largest absolute Gasteiger partial charge is 0.462 e. The number of allylic oxidation sites excluding steroid dienone is 2. The standard InChI is InChI=1S/C42H77NO6/c1-5-8-10-12-14-22-28-37-47-40(44)33-26-20-16-18-24-31-39(49-42(46)35-30-36-43(4)7-3)32-25-19-17-21-27-34-41(45)48-38-29-23-15-13-11-9-6-2/h22-23,28-29,39H,5-21,24-27,30-38H2,1-4H3/b28-22-,29-23-. The third kappa shape index (κ3) is 35.5. The van der Waals surface area contributed by atoms with Gasteiger partial charge in [-0.05, 0) is 90.8 Å². The molecule has 0 atom stereocenters. The van der Waals surface area contributed by atoms with Gasteiger partial charge < -0.3 is 19.1 Å². The minimum Gasteiger partial charge on any atom is -0.462 e. The Morgan fingerprint density at radius 1 is 0.510 bits per heavy atom. The van der Waals surface area contributed by atoms with E-state index in [1.54, 1.807) is 0 Å². The molecule has 0 heterocycles. The second-order valence-corrected chi connectivity index (χ2v) is 13.7. The minimum absolute atomic E-state index is 0.0271. The van der Waals surface area contributed by atoms with E-state index in [0.29, 0.717) is 32.5 Å². The summed E-state index contributed by atoms with van der Waals surface area (Å²) in [5.74, 6) is -0.294. The molecule has 49 heavy (non-hydrogen) atoms. The van der Waals surface area contributed by atoms with Crippen LogP contribution >= 0.6 is 0 Å². The Labute approximate surface area is 302 Å². The van der Waals surface area contributed by atoms with Gasteiger partial charge in [-0.3, -0.25) is 14.4 Å². The maximum Gasteiger partial charge on any atom is 0.306 e. The number of rotatable bonds is 36. The van der Waals surface area contributed by atoms with Gasteiger partial charge in [0.1, 0.15) is 19.3 Å². The van der Waals surface area contributed by atoms with Crippen LogP contribution < -0.4 is 0 Å². The van der Waals surface area contributed by atoms with Crippen molar-refractivity contribution in [1.82, 2.24) is 4.90 Å². The predicted molar refractivity (Wildman–Crippen MR) is 205 cm³/mol. The molecule has 286 valence electrons. The van der Waals surface area contributed by atoms with Gasteiger partial charge >= 0.3 is 17.9 Å². The molecule has 0 aromatic carbocycles. The van der Waals surface area contributed by atoms with E-state index in [-0.39, 0.29) is 24.0 Å². The van der Waals surface area contributed by atoms with E-state index in [2.05, 4.69) is 44.9 Å². The molecule has 0 bridgehead atoms. The molecule has 0 saturated heterocycles. The number of carbonyl (C=O) groups excluding carboxylic acids is 3. The molecule has 0 spiro atoms. The van der Waals surface area contributed by atoms with Gasteiger partial charge in [0.25, 0.3) is 0 Å². The van der Waals surface area contributed by atoms with Crippen LogP contribution in [0.3, 0.4) is 0 Å². The summed E-state index contributed by atoms with van der Waals surface area (Å²) in [5, 5.41) is 0. The molecule has 0 radical (unpaired) electrons. The molecule has 0 saturated carbocycles. The van der Waals surface area contributed by atoms with Gasteiger partial charge in [-0.25, -0.2) is 0 Å². The minimum atomic E-state index is -0.107. The van der Waals surface area contributed by atoms with E-state index in [9.17, 15) is 14.4 Å². The molecule has 7 nitrogen and oxygen atoms in total. The van der Waals surface area contributed by atoms with E-state index in [1.807, 2.05) is 12.2 Å². The van der Waals surface area contributed by atoms with Crippen LogP contribution in [0.2, 0.25) is 0 Å². The van der Waals surface area contributed by atoms with E-state index in [0.717, 1.165) is 109 Å². The maximum atomic E-state index is 12.6. The topological polar surface area (TPSA) is 82.1 Å². The number of esters is 3. The monoisotopic (exact) mass is 692 g/mol. The average Bonchev–Trinajstić information content (AvgIpc) is 3.09. The summed E-state index contributed by atoms with van der Waals surface area (Å²) in [5.41, 5.74) is 0. The Morgan fingerprint density at radius 3 is 1.41 bits per heavy atom. The first-order chi connectivity index (χ1) is 23.9. The highest BCUT2D eigenvalue weighted by Crippen LogP contribution is 2.18. The molecule has 0 aliphatic heterocycles. The van der Waals surface area contributed by atoms with Crippen LogP contribution in [-0.2, 0) is 28.6 Å². The number of hydrogen-bond acceptors (Lipinski definition) is 7. The lowest BCUT2D eigenvalue weighted by molar-refractivity contribution is -0.150. The first-order valence-electron chi connectivity index (χ1n) is 20.4. The van der Waals surface area contributed by atoms with Crippen molar-refractivity contribution in [1.29, 1.82) is 0 Å². The fourth-order valence-electron chi connectivity index (χ4n) is 5.68. The van der Waals surface area contributed by atoms with Gasteiger partial charge in [-0.2, -0.15) is 0 Å². The molecular weight excluding hydrogens is 614 g/mol. The smallest absolute Gasteiger partial charge is 0.306 e. The third-order valence-corrected chi connectivity index (χ3v) is 9.04. The van der Waals surface area contributed by atoms with Crippen molar-refractivity contribution in [2.24, 2.45) is 0 Å². The van der Waals surface area contributed by atoms with Gasteiger partial charge in [-0.15, -0.1) is 0 Å². The second kappa shape index (κ2) is 37.1. The first kappa shape index (κ1) is 46.9. The summed E-state index contributed by atoms with van der Waals surface area (Å²) in [6, 6.07) is 0. The molecule has 0 aromatic rings. The summed E-state index contributed by atoms with van der Waals surface area (Å²) in [7, 11) is 2.07. The van der Waals surface area contributed by atoms with Gasteiger partial charge in [0.2, 0.25) is 0 Å². The Kier molecular flexibility index (Phi) is 35.5. The lowest BCUT2D eigenvalue weighted by atomic mass is 10.0. The van der Waals surface area contributed by atoms with E-state index in [4.69, 9.17) is 14.2 Å². The van der Waals surface area contributed by atoms with Crippen molar-refractivity contribution in [2.75, 3.05) is 33.4 Å². The van der Waals surface area contributed by atoms with Crippen LogP contribution in [0.25, 0.3) is 0 Å². The fourth-order valence-corrected chi connectivity index (χ4v) is 5.68. The number of carbonyl (C=O) groups is 3. The summed E-state index contributed by atoms with van der Waals surface area (Å²) >= 11 is 0. The zero-order chi connectivity index (χ0) is 36.0. The maximum absolute atomic E-state index is 12.6. The van der Waals surface area contributed by atoms with Crippen molar-refractivity contribution in [3.63, 3.8) is 0 Å². The van der Waals surface area contributed by atoms with Crippen LogP contribution in [0.15, 0.2) is 24.3 Å². The quantitative estimate of drug-likeness (QED) is 0.0280. The van der Waals surface area contributed by atoms with E-state index in [1.165, 1.54) is 51.4 Å². The van der Waals surface area contributed by atoms with Crippen LogP contribution in [0.5, 0.6) is 0 Å². The molecule has 0 unspecified atom stereocenters. The normalized spacial score (nSPS) is 11.7. The van der Waals surface area contributed by atoms with Gasteiger partial charge in [-0.1, -0.05) is 122 Å². The fraction of sp³-hybridized carbons (Fsp3) is 0.833. The lowest BCUT2D eigenvalue weighted by Gasteiger charge is -2.19. The molecule has 0 fully saturated rings. The highest BCUT2D eigenvalue weighted by Gasteiger charge is 2.15. The molecule has 0 amide bonds. The Balaban J connectivity index is 4.17. The molecule has 0 aliphatic rings. The zero-order valence-corrected chi connectivity index (χ0v) is 32.5. The summed E-state index contributed by atoms with van der Waals surface area (Å²) in [6.45, 7) is 9.20. The van der Waals surface area contributed by atoms with E-state index < -0.39 is 0 Å². The predicted octanol–water partition coefficient (Wildman–Crippen LogP) is 11.2. The number of hydrogen-bond donors (Lipinski definition) is 0. The Hall–Kier alpha value is -2.15. The summed E-state index contributed by atoms with van der Waals surface area (Å²) in [6.07, 6.45) is 34.4. The van der Waals surface area contributed by atoms with Crippen LogP contribution in [-0.4, -0.2) is 62.3 Å². The van der Waals surface area contributed by atoms with Crippen molar-refractivity contribution in [3.8, 4) is 0 Å². The van der Waals surface area contributed by atoms with E-state index >= 15 is 0 Å². The van der Waals surface area contributed by atoms with Crippen molar-refractivity contribution in [2.45, 2.75) is 194 Å². The molecule has 0 aromatic heterocycles. The number of nitrogens with zero attached hydrogens (tertiary/aromatic N) is 1. The zero-order valence-electron chi connectivity index (χ0n) is 32.5. The van der Waals surface area contributed by atoms with Crippen LogP contribution in [0.4, 0.5) is 0 Å². The second-order valence-electron chi connectivity index (χ2n) is 13.7. The molecular formula is C42H77NO6. The first-order valence-corrected chi connectivity index (χ1v) is 20.4. The van der Waals surface area contributed by atoms with Gasteiger partial charge in [0.15, 0.2) is 0 Å². The van der Waals surface area contributed by atoms with Crippen LogP contribution in [0.1, 0.15) is 188 Å². The average molecular weight is 692 g/mol. The van der Waals surface area contributed by atoms with Crippen LogP contribution in [0, 0.1) is 0 Å². The highest BCUT2D eigenvalue weighted by molar-refractivity contribution is 5.70.